The van der Waals surface area contributed by atoms with Crippen molar-refractivity contribution in [3.05, 3.63) is 206 Å². The van der Waals surface area contributed by atoms with E-state index < -0.39 is 0 Å². The van der Waals surface area contributed by atoms with Gasteiger partial charge in [-0.15, -0.1) is 0 Å². The van der Waals surface area contributed by atoms with E-state index in [1.165, 1.54) is 21.5 Å². The van der Waals surface area contributed by atoms with Gasteiger partial charge in [0.1, 0.15) is 22.3 Å². The maximum absolute atomic E-state index is 6.27. The molecule has 0 saturated carbocycles. The van der Waals surface area contributed by atoms with Crippen molar-refractivity contribution in [3.8, 4) is 56.2 Å². The molecule has 0 amide bonds. The van der Waals surface area contributed by atoms with Gasteiger partial charge < -0.3 is 8.83 Å². The van der Waals surface area contributed by atoms with E-state index in [0.29, 0.717) is 5.82 Å². The molecule has 0 aliphatic heterocycles. The second-order valence-corrected chi connectivity index (χ2v) is 16.1. The molecule has 0 aliphatic rings. The highest BCUT2D eigenvalue weighted by molar-refractivity contribution is 6.20. The van der Waals surface area contributed by atoms with Crippen molar-refractivity contribution >= 4 is 76.2 Å². The highest BCUT2D eigenvalue weighted by atomic mass is 16.3. The lowest BCUT2D eigenvalue weighted by Gasteiger charge is -2.16. The summed E-state index contributed by atoms with van der Waals surface area (Å²) >= 11 is 0. The number of para-hydroxylation sites is 2. The third-order valence-electron chi connectivity index (χ3n) is 12.4. The van der Waals surface area contributed by atoms with Gasteiger partial charge in [-0.2, -0.15) is 0 Å². The number of hydrogen-bond acceptors (Lipinski definition) is 4. The summed E-state index contributed by atoms with van der Waals surface area (Å²) in [5.41, 5.74) is 12.6. The molecule has 0 spiro atoms. The van der Waals surface area contributed by atoms with Gasteiger partial charge in [0.15, 0.2) is 5.82 Å². The molecule has 3 aromatic heterocycles. The Hall–Kier alpha value is -8.34. The van der Waals surface area contributed by atoms with Crippen LogP contribution in [0.2, 0.25) is 0 Å². The second kappa shape index (κ2) is 13.6. The fourth-order valence-corrected chi connectivity index (χ4v) is 9.46. The van der Waals surface area contributed by atoms with E-state index in [9.17, 15) is 0 Å². The number of hydrogen-bond donors (Lipinski definition) is 0. The summed E-state index contributed by atoms with van der Waals surface area (Å²) in [4.78, 5) is 10.8. The molecule has 4 nitrogen and oxygen atoms in total. The largest absolute Gasteiger partial charge is 0.456 e. The third kappa shape index (κ3) is 5.54. The van der Waals surface area contributed by atoms with Gasteiger partial charge in [0.05, 0.1) is 11.4 Å². The van der Waals surface area contributed by atoms with Gasteiger partial charge in [-0.25, -0.2) is 9.97 Å². The first kappa shape index (κ1) is 34.5. The number of aromatic nitrogens is 2. The number of benzene rings is 10. The van der Waals surface area contributed by atoms with E-state index in [1.807, 2.05) is 30.3 Å². The Balaban J connectivity index is 1.09. The minimum atomic E-state index is 0.671. The summed E-state index contributed by atoms with van der Waals surface area (Å²) < 4.78 is 12.5. The lowest BCUT2D eigenvalue weighted by Crippen LogP contribution is -1.98. The van der Waals surface area contributed by atoms with Crippen molar-refractivity contribution in [1.82, 2.24) is 9.97 Å². The van der Waals surface area contributed by atoms with E-state index in [1.54, 1.807) is 0 Å². The Bertz CT molecular complexity index is 3800. The average Bonchev–Trinajstić information content (AvgIpc) is 3.91. The summed E-state index contributed by atoms with van der Waals surface area (Å²) in [5.74, 6) is 0.671. The quantitative estimate of drug-likeness (QED) is 0.129. The molecule has 0 aliphatic carbocycles. The summed E-state index contributed by atoms with van der Waals surface area (Å²) in [6.45, 7) is 0. The first-order valence-electron chi connectivity index (χ1n) is 21.0. The van der Waals surface area contributed by atoms with Crippen molar-refractivity contribution in [2.45, 2.75) is 0 Å². The second-order valence-electron chi connectivity index (χ2n) is 16.1. The first-order chi connectivity index (χ1) is 30.7. The third-order valence-corrected chi connectivity index (χ3v) is 12.4. The predicted octanol–water partition coefficient (Wildman–Crippen LogP) is 16.1. The molecular weight excluding hydrogens is 757 g/mol. The Morgan fingerprint density at radius 3 is 1.47 bits per heavy atom. The monoisotopic (exact) mass is 790 g/mol. The zero-order valence-electron chi connectivity index (χ0n) is 33.3. The Labute approximate surface area is 356 Å². The lowest BCUT2D eigenvalue weighted by atomic mass is 9.90. The summed E-state index contributed by atoms with van der Waals surface area (Å²) in [6.07, 6.45) is 0. The molecule has 0 radical (unpaired) electrons. The molecule has 13 rings (SSSR count). The maximum atomic E-state index is 6.27. The van der Waals surface area contributed by atoms with Gasteiger partial charge in [-0.1, -0.05) is 140 Å². The highest BCUT2D eigenvalue weighted by Gasteiger charge is 2.19. The maximum Gasteiger partial charge on any atom is 0.160 e. The SMILES string of the molecule is c1ccc(-c2nc(-c3cc(-c4ccc5oc6ccccc6c5c4)cc(-c4ccc5oc6ccccc6c5c4)c3)cc(-c3c4ccccc4cc4c3ccc3ccccc34)n2)cc1. The number of fused-ring (bicyclic) bond motifs is 10. The molecule has 0 atom stereocenters. The minimum Gasteiger partial charge on any atom is -0.456 e. The zero-order chi connectivity index (χ0) is 40.7. The Kier molecular flexibility index (Phi) is 7.57. The van der Waals surface area contributed by atoms with Gasteiger partial charge in [-0.05, 0) is 121 Å². The number of nitrogens with zero attached hydrogens (tertiary/aromatic N) is 2. The number of furan rings is 2. The number of rotatable bonds is 5. The van der Waals surface area contributed by atoms with Crippen LogP contribution in [-0.2, 0) is 0 Å². The van der Waals surface area contributed by atoms with Crippen LogP contribution < -0.4 is 0 Å². The van der Waals surface area contributed by atoms with Crippen LogP contribution in [-0.4, -0.2) is 9.97 Å². The van der Waals surface area contributed by atoms with Crippen molar-refractivity contribution < 1.29 is 8.83 Å². The molecule has 288 valence electrons. The van der Waals surface area contributed by atoms with Crippen molar-refractivity contribution in [3.63, 3.8) is 0 Å². The first-order valence-corrected chi connectivity index (χ1v) is 21.0. The van der Waals surface area contributed by atoms with E-state index in [4.69, 9.17) is 18.8 Å². The highest BCUT2D eigenvalue weighted by Crippen LogP contribution is 2.42. The van der Waals surface area contributed by atoms with Crippen molar-refractivity contribution in [2.75, 3.05) is 0 Å². The van der Waals surface area contributed by atoms with Crippen LogP contribution in [0, 0.1) is 0 Å². The summed E-state index contributed by atoms with van der Waals surface area (Å²) in [5, 5.41) is 11.5. The molecular formula is C58H34N2O2. The standard InChI is InChI=1S/C58H34N2O2/c1-2-13-36(14-3-1)58-59-51(34-52(60-58)57-44-17-7-5-15-39(44)33-48-43-16-6-4-12-35(43)22-25-47(48)57)42-29-40(37-23-26-55-49(31-37)45-18-8-10-20-53(45)61-55)28-41(30-42)38-24-27-56-50(32-38)46-19-9-11-21-54(46)62-56/h1-34H. The fourth-order valence-electron chi connectivity index (χ4n) is 9.46. The van der Waals surface area contributed by atoms with Crippen LogP contribution in [0.5, 0.6) is 0 Å². The minimum absolute atomic E-state index is 0.671. The van der Waals surface area contributed by atoms with Gasteiger partial charge in [0, 0.05) is 38.2 Å². The average molecular weight is 791 g/mol. The summed E-state index contributed by atoms with van der Waals surface area (Å²) in [6, 6.07) is 72.9. The van der Waals surface area contributed by atoms with Crippen LogP contribution in [0.25, 0.3) is 132 Å². The van der Waals surface area contributed by atoms with Crippen LogP contribution >= 0.6 is 0 Å². The Morgan fingerprint density at radius 2 is 0.790 bits per heavy atom. The van der Waals surface area contributed by atoms with Gasteiger partial charge in [0.2, 0.25) is 0 Å². The molecule has 3 heterocycles. The molecule has 13 aromatic rings. The Morgan fingerprint density at radius 1 is 0.258 bits per heavy atom. The van der Waals surface area contributed by atoms with Gasteiger partial charge in [0.25, 0.3) is 0 Å². The van der Waals surface area contributed by atoms with Crippen molar-refractivity contribution in [2.24, 2.45) is 0 Å². The van der Waals surface area contributed by atoms with Crippen LogP contribution in [0.4, 0.5) is 0 Å². The predicted molar refractivity (Wildman–Crippen MR) is 256 cm³/mol. The van der Waals surface area contributed by atoms with Crippen LogP contribution in [0.15, 0.2) is 215 Å². The summed E-state index contributed by atoms with van der Waals surface area (Å²) in [7, 11) is 0. The molecule has 0 saturated heterocycles. The molecule has 0 bridgehead atoms. The van der Waals surface area contributed by atoms with E-state index >= 15 is 0 Å². The smallest absolute Gasteiger partial charge is 0.160 e. The molecule has 10 aromatic carbocycles. The molecule has 0 N–H and O–H groups in total. The van der Waals surface area contributed by atoms with E-state index in [2.05, 4.69) is 176 Å². The molecule has 0 fully saturated rings. The molecule has 62 heavy (non-hydrogen) atoms. The topological polar surface area (TPSA) is 52.1 Å². The van der Waals surface area contributed by atoms with E-state index in [0.717, 1.165) is 105 Å². The van der Waals surface area contributed by atoms with Crippen molar-refractivity contribution in [1.29, 1.82) is 0 Å². The van der Waals surface area contributed by atoms with Gasteiger partial charge >= 0.3 is 0 Å². The fraction of sp³-hybridized carbons (Fsp3) is 0. The van der Waals surface area contributed by atoms with Crippen LogP contribution in [0.3, 0.4) is 0 Å². The zero-order valence-corrected chi connectivity index (χ0v) is 33.3. The normalized spacial score (nSPS) is 11.9. The molecule has 0 unspecified atom stereocenters. The molecule has 4 heteroatoms. The lowest BCUT2D eigenvalue weighted by molar-refractivity contribution is 0.668. The van der Waals surface area contributed by atoms with Crippen LogP contribution in [0.1, 0.15) is 0 Å². The van der Waals surface area contributed by atoms with E-state index in [-0.39, 0.29) is 0 Å². The van der Waals surface area contributed by atoms with Gasteiger partial charge in [-0.3, -0.25) is 0 Å².